The van der Waals surface area contributed by atoms with Crippen molar-refractivity contribution in [3.63, 3.8) is 0 Å². The minimum Gasteiger partial charge on any atom is -0.479 e. The summed E-state index contributed by atoms with van der Waals surface area (Å²) in [5.41, 5.74) is 6.24. The fourth-order valence-electron chi connectivity index (χ4n) is 2.31. The fourth-order valence-corrected chi connectivity index (χ4v) is 2.31. The lowest BCUT2D eigenvalue weighted by Gasteiger charge is -2.37. The molecule has 0 aliphatic carbocycles. The first-order valence-corrected chi connectivity index (χ1v) is 5.94. The molecule has 1 aromatic rings. The average molecular weight is 250 g/mol. The van der Waals surface area contributed by atoms with Crippen molar-refractivity contribution in [2.75, 3.05) is 18.0 Å². The molecule has 0 radical (unpaired) electrons. The number of hydrogen-bond donors (Lipinski definition) is 3. The predicted molar refractivity (Wildman–Crippen MR) is 68.6 cm³/mol. The molecule has 1 aromatic carbocycles. The average Bonchev–Trinajstić information content (AvgIpc) is 2.28. The molecule has 4 N–H and O–H groups in total. The number of nitrogens with two attached hydrogens (primary N) is 1. The number of carboxylic acid groups (broad SMARTS) is 1. The van der Waals surface area contributed by atoms with Gasteiger partial charge in [-0.1, -0.05) is 18.2 Å². The Balaban J connectivity index is 2.27. The van der Waals surface area contributed by atoms with Gasteiger partial charge in [-0.25, -0.2) is 4.79 Å². The van der Waals surface area contributed by atoms with Crippen molar-refractivity contribution in [3.05, 3.63) is 29.8 Å². The van der Waals surface area contributed by atoms with Crippen LogP contribution in [0.5, 0.6) is 0 Å². The van der Waals surface area contributed by atoms with Gasteiger partial charge in [0, 0.05) is 18.3 Å². The standard InChI is InChI=1S/C13H18N2O3/c1-13(18,12(16)17)8-15-7-10(14)6-9-4-2-3-5-11(9)15/h2-5,10,18H,6-8,14H2,1H3,(H,16,17). The van der Waals surface area contributed by atoms with Gasteiger partial charge in [0.25, 0.3) is 0 Å². The lowest BCUT2D eigenvalue weighted by Crippen LogP contribution is -2.52. The first-order valence-electron chi connectivity index (χ1n) is 5.94. The Morgan fingerprint density at radius 3 is 2.89 bits per heavy atom. The van der Waals surface area contributed by atoms with E-state index in [1.807, 2.05) is 29.2 Å². The summed E-state index contributed by atoms with van der Waals surface area (Å²) in [5, 5.41) is 18.9. The minimum absolute atomic E-state index is 0.0348. The van der Waals surface area contributed by atoms with Crippen LogP contribution in [-0.4, -0.2) is 40.9 Å². The Morgan fingerprint density at radius 2 is 2.22 bits per heavy atom. The number of aliphatic carboxylic acids is 1. The number of rotatable bonds is 3. The van der Waals surface area contributed by atoms with Crippen molar-refractivity contribution >= 4 is 11.7 Å². The van der Waals surface area contributed by atoms with Crippen LogP contribution in [-0.2, 0) is 11.2 Å². The van der Waals surface area contributed by atoms with E-state index in [1.54, 1.807) is 0 Å². The molecule has 0 aromatic heterocycles. The highest BCUT2D eigenvalue weighted by Gasteiger charge is 2.34. The summed E-state index contributed by atoms with van der Waals surface area (Å²) in [6.45, 7) is 1.89. The van der Waals surface area contributed by atoms with Crippen LogP contribution in [0.1, 0.15) is 12.5 Å². The predicted octanol–water partition coefficient (Wildman–Crippen LogP) is 0.212. The van der Waals surface area contributed by atoms with Crippen molar-refractivity contribution in [1.29, 1.82) is 0 Å². The van der Waals surface area contributed by atoms with Crippen LogP contribution in [0.15, 0.2) is 24.3 Å². The van der Waals surface area contributed by atoms with E-state index in [0.717, 1.165) is 17.7 Å². The molecule has 0 fully saturated rings. The third-order valence-electron chi connectivity index (χ3n) is 3.23. The summed E-state index contributed by atoms with van der Waals surface area (Å²) in [6.07, 6.45) is 0.780. The Hall–Kier alpha value is -1.59. The summed E-state index contributed by atoms with van der Waals surface area (Å²) >= 11 is 0. The number of β-amino-alcohol motifs (C(OH)–C–C–N with tert-alkyl or cyclic N) is 1. The van der Waals surface area contributed by atoms with E-state index >= 15 is 0 Å². The number of hydrogen-bond acceptors (Lipinski definition) is 4. The first kappa shape index (κ1) is 12.9. The van der Waals surface area contributed by atoms with E-state index in [1.165, 1.54) is 6.92 Å². The molecule has 1 aliphatic rings. The number of aliphatic hydroxyl groups is 1. The summed E-state index contributed by atoms with van der Waals surface area (Å²) in [7, 11) is 0. The number of carboxylic acids is 1. The molecular formula is C13H18N2O3. The van der Waals surface area contributed by atoms with Crippen molar-refractivity contribution in [2.45, 2.75) is 25.0 Å². The van der Waals surface area contributed by atoms with Gasteiger partial charge < -0.3 is 20.8 Å². The highest BCUT2D eigenvalue weighted by molar-refractivity contribution is 5.77. The molecule has 1 aliphatic heterocycles. The van der Waals surface area contributed by atoms with E-state index in [2.05, 4.69) is 0 Å². The fraction of sp³-hybridized carbons (Fsp3) is 0.462. The number of fused-ring (bicyclic) bond motifs is 1. The second-order valence-electron chi connectivity index (χ2n) is 5.05. The molecule has 0 spiro atoms. The molecule has 0 saturated heterocycles. The quantitative estimate of drug-likeness (QED) is 0.714. The largest absolute Gasteiger partial charge is 0.479 e. The second kappa shape index (κ2) is 4.59. The SMILES string of the molecule is CC(O)(CN1CC(N)Cc2ccccc21)C(=O)O. The smallest absolute Gasteiger partial charge is 0.337 e. The van der Waals surface area contributed by atoms with Crippen molar-refractivity contribution in [1.82, 2.24) is 0 Å². The maximum Gasteiger partial charge on any atom is 0.337 e. The molecule has 5 nitrogen and oxygen atoms in total. The zero-order chi connectivity index (χ0) is 13.3. The van der Waals surface area contributed by atoms with Gasteiger partial charge in [0.05, 0.1) is 6.54 Å². The third kappa shape index (κ3) is 2.47. The normalized spacial score (nSPS) is 22.2. The lowest BCUT2D eigenvalue weighted by molar-refractivity contribution is -0.155. The van der Waals surface area contributed by atoms with Gasteiger partial charge in [0.15, 0.2) is 5.60 Å². The van der Waals surface area contributed by atoms with Gasteiger partial charge >= 0.3 is 5.97 Å². The Bertz CT molecular complexity index is 459. The molecule has 0 bridgehead atoms. The van der Waals surface area contributed by atoms with Crippen molar-refractivity contribution < 1.29 is 15.0 Å². The molecule has 0 saturated carbocycles. The van der Waals surface area contributed by atoms with Gasteiger partial charge in [-0.05, 0) is 25.0 Å². The lowest BCUT2D eigenvalue weighted by atomic mass is 9.96. The Labute approximate surface area is 106 Å². The zero-order valence-electron chi connectivity index (χ0n) is 10.3. The topological polar surface area (TPSA) is 86.8 Å². The first-order chi connectivity index (χ1) is 8.40. The van der Waals surface area contributed by atoms with Gasteiger partial charge in [-0.15, -0.1) is 0 Å². The van der Waals surface area contributed by atoms with E-state index in [0.29, 0.717) is 6.54 Å². The van der Waals surface area contributed by atoms with E-state index < -0.39 is 11.6 Å². The summed E-state index contributed by atoms with van der Waals surface area (Å²) in [4.78, 5) is 12.8. The molecule has 2 atom stereocenters. The number of anilines is 1. The molecule has 2 rings (SSSR count). The summed E-state index contributed by atoms with van der Waals surface area (Å²) in [5.74, 6) is -1.22. The third-order valence-corrected chi connectivity index (χ3v) is 3.23. The monoisotopic (exact) mass is 250 g/mol. The van der Waals surface area contributed by atoms with Crippen LogP contribution >= 0.6 is 0 Å². The highest BCUT2D eigenvalue weighted by atomic mass is 16.4. The van der Waals surface area contributed by atoms with E-state index in [4.69, 9.17) is 10.8 Å². The Morgan fingerprint density at radius 1 is 1.56 bits per heavy atom. The van der Waals surface area contributed by atoms with E-state index in [-0.39, 0.29) is 12.6 Å². The maximum absolute atomic E-state index is 11.0. The number of nitrogens with zero attached hydrogens (tertiary/aromatic N) is 1. The van der Waals surface area contributed by atoms with Crippen molar-refractivity contribution in [2.24, 2.45) is 5.73 Å². The number of para-hydroxylation sites is 1. The molecule has 5 heteroatoms. The molecule has 2 unspecified atom stereocenters. The molecule has 1 heterocycles. The summed E-state index contributed by atoms with van der Waals surface area (Å²) in [6, 6.07) is 7.71. The van der Waals surface area contributed by atoms with Crippen molar-refractivity contribution in [3.8, 4) is 0 Å². The molecule has 98 valence electrons. The van der Waals surface area contributed by atoms with E-state index in [9.17, 15) is 9.90 Å². The second-order valence-corrected chi connectivity index (χ2v) is 5.05. The number of carbonyl (C=O) groups is 1. The molecule has 18 heavy (non-hydrogen) atoms. The maximum atomic E-state index is 11.0. The van der Waals surface area contributed by atoms with Crippen LogP contribution in [0.25, 0.3) is 0 Å². The zero-order valence-corrected chi connectivity index (χ0v) is 10.3. The van der Waals surface area contributed by atoms with Gasteiger partial charge in [-0.3, -0.25) is 0 Å². The van der Waals surface area contributed by atoms with Crippen LogP contribution in [0.3, 0.4) is 0 Å². The Kier molecular flexibility index (Phi) is 3.28. The van der Waals surface area contributed by atoms with Gasteiger partial charge in [0.2, 0.25) is 0 Å². The van der Waals surface area contributed by atoms with Gasteiger partial charge in [0.1, 0.15) is 0 Å². The van der Waals surface area contributed by atoms with Crippen LogP contribution in [0, 0.1) is 0 Å². The van der Waals surface area contributed by atoms with Crippen LogP contribution < -0.4 is 10.6 Å². The highest BCUT2D eigenvalue weighted by Crippen LogP contribution is 2.27. The summed E-state index contributed by atoms with van der Waals surface area (Å²) < 4.78 is 0. The number of benzene rings is 1. The molecular weight excluding hydrogens is 232 g/mol. The minimum atomic E-state index is -1.77. The molecule has 0 amide bonds. The van der Waals surface area contributed by atoms with Crippen LogP contribution in [0.2, 0.25) is 0 Å². The van der Waals surface area contributed by atoms with Crippen LogP contribution in [0.4, 0.5) is 5.69 Å². The van der Waals surface area contributed by atoms with Gasteiger partial charge in [-0.2, -0.15) is 0 Å².